The summed E-state index contributed by atoms with van der Waals surface area (Å²) in [5.41, 5.74) is 1.14. The quantitative estimate of drug-likeness (QED) is 0.765. The highest BCUT2D eigenvalue weighted by molar-refractivity contribution is 5.76. The lowest BCUT2D eigenvalue weighted by Crippen LogP contribution is -2.47. The highest BCUT2D eigenvalue weighted by atomic mass is 16.5. The van der Waals surface area contributed by atoms with Crippen LogP contribution in [0.25, 0.3) is 0 Å². The molecular formula is C15H20N2O4. The molecule has 2 rings (SSSR count). The van der Waals surface area contributed by atoms with Crippen molar-refractivity contribution in [3.8, 4) is 5.75 Å². The second-order valence-corrected chi connectivity index (χ2v) is 5.32. The third kappa shape index (κ3) is 3.87. The largest absolute Gasteiger partial charge is 0.488 e. The summed E-state index contributed by atoms with van der Waals surface area (Å²) in [5, 5.41) is 14.2. The molecule has 0 saturated carbocycles. The fourth-order valence-electron chi connectivity index (χ4n) is 2.17. The van der Waals surface area contributed by atoms with E-state index in [0.29, 0.717) is 6.54 Å². The van der Waals surface area contributed by atoms with Gasteiger partial charge >= 0.3 is 12.0 Å². The molecule has 1 aromatic rings. The molecule has 6 heteroatoms. The predicted molar refractivity (Wildman–Crippen MR) is 77.4 cm³/mol. The van der Waals surface area contributed by atoms with Crippen LogP contribution >= 0.6 is 0 Å². The number of aliphatic carboxylic acids is 1. The van der Waals surface area contributed by atoms with E-state index in [1.165, 1.54) is 0 Å². The van der Waals surface area contributed by atoms with Crippen molar-refractivity contribution in [1.29, 1.82) is 0 Å². The molecule has 1 aliphatic heterocycles. The third-order valence-electron chi connectivity index (χ3n) is 3.70. The molecule has 0 aliphatic carbocycles. The maximum atomic E-state index is 11.7. The number of fused-ring (bicyclic) bond motifs is 1. The number of benzene rings is 1. The molecule has 0 bridgehead atoms. The number of carboxylic acid groups (broad SMARTS) is 1. The standard InChI is InChI=1S/C15H20N2O4/c1-9(14(18)19)10(2)17-15(20)16-8-12-7-11-5-3-4-6-13(11)21-12/h3-6,9-10,12H,7-8H2,1-2H3,(H,18,19)(H2,16,17,20). The maximum Gasteiger partial charge on any atom is 0.315 e. The van der Waals surface area contributed by atoms with Gasteiger partial charge in [-0.25, -0.2) is 4.79 Å². The lowest BCUT2D eigenvalue weighted by atomic mass is 10.0. The average Bonchev–Trinajstić information content (AvgIpc) is 2.86. The Morgan fingerprint density at radius 3 is 2.76 bits per heavy atom. The van der Waals surface area contributed by atoms with Crippen LogP contribution in [0.4, 0.5) is 4.79 Å². The molecule has 3 N–H and O–H groups in total. The van der Waals surface area contributed by atoms with E-state index >= 15 is 0 Å². The van der Waals surface area contributed by atoms with Crippen molar-refractivity contribution in [3.05, 3.63) is 29.8 Å². The number of carbonyl (C=O) groups is 2. The Hall–Kier alpha value is -2.24. The minimum Gasteiger partial charge on any atom is -0.488 e. The first-order chi connectivity index (χ1) is 9.97. The van der Waals surface area contributed by atoms with Crippen LogP contribution in [0.1, 0.15) is 19.4 Å². The molecule has 1 aliphatic rings. The smallest absolute Gasteiger partial charge is 0.315 e. The van der Waals surface area contributed by atoms with Crippen molar-refractivity contribution >= 4 is 12.0 Å². The summed E-state index contributed by atoms with van der Waals surface area (Å²) in [4.78, 5) is 22.6. The first-order valence-corrected chi connectivity index (χ1v) is 6.99. The zero-order valence-electron chi connectivity index (χ0n) is 12.1. The molecule has 114 valence electrons. The first-order valence-electron chi connectivity index (χ1n) is 6.99. The van der Waals surface area contributed by atoms with Gasteiger partial charge < -0.3 is 20.5 Å². The molecule has 6 nitrogen and oxygen atoms in total. The lowest BCUT2D eigenvalue weighted by Gasteiger charge is -2.19. The Morgan fingerprint density at radius 2 is 2.10 bits per heavy atom. The molecule has 2 amide bonds. The number of hydrogen-bond donors (Lipinski definition) is 3. The van der Waals surface area contributed by atoms with Crippen LogP contribution in [0, 0.1) is 5.92 Å². The van der Waals surface area contributed by atoms with Crippen molar-refractivity contribution in [2.75, 3.05) is 6.54 Å². The molecule has 0 spiro atoms. The SMILES string of the molecule is CC(NC(=O)NCC1Cc2ccccc2O1)C(C)C(=O)O. The third-order valence-corrected chi connectivity index (χ3v) is 3.70. The molecule has 0 aromatic heterocycles. The van der Waals surface area contributed by atoms with Crippen molar-refractivity contribution in [1.82, 2.24) is 10.6 Å². The summed E-state index contributed by atoms with van der Waals surface area (Å²) in [6.45, 7) is 3.61. The normalized spacial score (nSPS) is 19.0. The second-order valence-electron chi connectivity index (χ2n) is 5.32. The Balaban J connectivity index is 1.75. The number of para-hydroxylation sites is 1. The van der Waals surface area contributed by atoms with E-state index in [9.17, 15) is 9.59 Å². The Labute approximate surface area is 123 Å². The van der Waals surface area contributed by atoms with Gasteiger partial charge in [0, 0.05) is 12.5 Å². The first kappa shape index (κ1) is 15.2. The Kier molecular flexibility index (Phi) is 4.67. The van der Waals surface area contributed by atoms with E-state index in [-0.39, 0.29) is 12.1 Å². The van der Waals surface area contributed by atoms with Crippen molar-refractivity contribution < 1.29 is 19.4 Å². The van der Waals surface area contributed by atoms with E-state index < -0.39 is 17.9 Å². The van der Waals surface area contributed by atoms with Gasteiger partial charge in [0.25, 0.3) is 0 Å². The summed E-state index contributed by atoms with van der Waals surface area (Å²) in [5.74, 6) is -0.710. The van der Waals surface area contributed by atoms with Crippen LogP contribution < -0.4 is 15.4 Å². The summed E-state index contributed by atoms with van der Waals surface area (Å²) < 4.78 is 5.71. The summed E-state index contributed by atoms with van der Waals surface area (Å²) in [6, 6.07) is 6.97. The Bertz CT molecular complexity index is 507. The van der Waals surface area contributed by atoms with Gasteiger partial charge in [-0.2, -0.15) is 0 Å². The van der Waals surface area contributed by atoms with Crippen LogP contribution in [0.3, 0.4) is 0 Å². The molecule has 21 heavy (non-hydrogen) atoms. The van der Waals surface area contributed by atoms with Gasteiger partial charge in [0.15, 0.2) is 0 Å². The molecule has 0 saturated heterocycles. The van der Waals surface area contributed by atoms with Crippen LogP contribution in [-0.4, -0.2) is 35.8 Å². The lowest BCUT2D eigenvalue weighted by molar-refractivity contribution is -0.141. The van der Waals surface area contributed by atoms with E-state index in [0.717, 1.165) is 17.7 Å². The molecule has 0 radical (unpaired) electrons. The summed E-state index contributed by atoms with van der Waals surface area (Å²) in [6.07, 6.45) is 0.678. The maximum absolute atomic E-state index is 11.7. The molecule has 1 aromatic carbocycles. The zero-order valence-corrected chi connectivity index (χ0v) is 12.1. The highest BCUT2D eigenvalue weighted by Crippen LogP contribution is 2.27. The van der Waals surface area contributed by atoms with Crippen LogP contribution in [0.5, 0.6) is 5.75 Å². The number of rotatable bonds is 5. The number of carboxylic acids is 1. The molecule has 3 atom stereocenters. The van der Waals surface area contributed by atoms with E-state index in [2.05, 4.69) is 10.6 Å². The van der Waals surface area contributed by atoms with Crippen molar-refractivity contribution in [3.63, 3.8) is 0 Å². The highest BCUT2D eigenvalue weighted by Gasteiger charge is 2.24. The van der Waals surface area contributed by atoms with Gasteiger partial charge in [-0.1, -0.05) is 18.2 Å². The molecule has 0 fully saturated rings. The van der Waals surface area contributed by atoms with Gasteiger partial charge in [-0.05, 0) is 25.5 Å². The van der Waals surface area contributed by atoms with E-state index in [4.69, 9.17) is 9.84 Å². The second kappa shape index (κ2) is 6.47. The van der Waals surface area contributed by atoms with E-state index in [1.807, 2.05) is 24.3 Å². The monoisotopic (exact) mass is 292 g/mol. The van der Waals surface area contributed by atoms with Crippen molar-refractivity contribution in [2.24, 2.45) is 5.92 Å². The van der Waals surface area contributed by atoms with Gasteiger partial charge in [0.2, 0.25) is 0 Å². The minimum absolute atomic E-state index is 0.0830. The van der Waals surface area contributed by atoms with E-state index in [1.54, 1.807) is 13.8 Å². The van der Waals surface area contributed by atoms with Gasteiger partial charge in [-0.15, -0.1) is 0 Å². The van der Waals surface area contributed by atoms with Crippen LogP contribution in [0.15, 0.2) is 24.3 Å². The topological polar surface area (TPSA) is 87.7 Å². The summed E-state index contributed by atoms with van der Waals surface area (Å²) >= 11 is 0. The van der Waals surface area contributed by atoms with Crippen LogP contribution in [0.2, 0.25) is 0 Å². The van der Waals surface area contributed by atoms with Crippen LogP contribution in [-0.2, 0) is 11.2 Å². The molecular weight excluding hydrogens is 272 g/mol. The van der Waals surface area contributed by atoms with Gasteiger partial charge in [0.1, 0.15) is 11.9 Å². The molecule has 3 unspecified atom stereocenters. The zero-order chi connectivity index (χ0) is 15.4. The predicted octanol–water partition coefficient (Wildman–Crippen LogP) is 1.40. The van der Waals surface area contributed by atoms with Gasteiger partial charge in [0.05, 0.1) is 12.5 Å². The van der Waals surface area contributed by atoms with Crippen molar-refractivity contribution in [2.45, 2.75) is 32.4 Å². The fraction of sp³-hybridized carbons (Fsp3) is 0.467. The summed E-state index contributed by atoms with van der Waals surface area (Å²) in [7, 11) is 0. The van der Waals surface area contributed by atoms with Gasteiger partial charge in [-0.3, -0.25) is 4.79 Å². The number of ether oxygens (including phenoxy) is 1. The number of amides is 2. The number of carbonyl (C=O) groups excluding carboxylic acids is 1. The number of nitrogens with one attached hydrogen (secondary N) is 2. The average molecular weight is 292 g/mol. The molecule has 1 heterocycles. The number of hydrogen-bond acceptors (Lipinski definition) is 3. The number of urea groups is 1. The Morgan fingerprint density at radius 1 is 1.38 bits per heavy atom. The fourth-order valence-corrected chi connectivity index (χ4v) is 2.17. The minimum atomic E-state index is -0.933.